The summed E-state index contributed by atoms with van der Waals surface area (Å²) < 4.78 is 1.96. The summed E-state index contributed by atoms with van der Waals surface area (Å²) in [7, 11) is 0. The highest BCUT2D eigenvalue weighted by molar-refractivity contribution is 7.17. The molecule has 27 heavy (non-hydrogen) atoms. The maximum Gasteiger partial charge on any atom is 0.267 e. The Morgan fingerprint density at radius 1 is 1.26 bits per heavy atom. The van der Waals surface area contributed by atoms with E-state index < -0.39 is 0 Å². The number of amides is 1. The molecule has 0 spiro atoms. The summed E-state index contributed by atoms with van der Waals surface area (Å²) in [5, 5.41) is 16.0. The van der Waals surface area contributed by atoms with Crippen molar-refractivity contribution < 1.29 is 4.79 Å². The molecule has 8 heteroatoms. The molecule has 4 rings (SSSR count). The number of thiazole rings is 1. The van der Waals surface area contributed by atoms with Crippen molar-refractivity contribution in [3.05, 3.63) is 58.0 Å². The summed E-state index contributed by atoms with van der Waals surface area (Å²) in [5.41, 5.74) is 3.41. The maximum absolute atomic E-state index is 12.8. The number of anilines is 1. The highest BCUT2D eigenvalue weighted by atomic mass is 32.1. The summed E-state index contributed by atoms with van der Waals surface area (Å²) in [5.74, 6) is 0.628. The van der Waals surface area contributed by atoms with E-state index in [-0.39, 0.29) is 5.91 Å². The molecule has 4 aromatic rings. The Morgan fingerprint density at radius 2 is 2.15 bits per heavy atom. The van der Waals surface area contributed by atoms with Gasteiger partial charge in [-0.25, -0.2) is 4.98 Å². The molecule has 0 bridgehead atoms. The minimum absolute atomic E-state index is 0.152. The maximum atomic E-state index is 12.8. The van der Waals surface area contributed by atoms with E-state index in [1.165, 1.54) is 11.3 Å². The number of aromatic nitrogens is 4. The molecule has 0 aliphatic rings. The summed E-state index contributed by atoms with van der Waals surface area (Å²) in [4.78, 5) is 17.9. The van der Waals surface area contributed by atoms with Crippen LogP contribution in [0.25, 0.3) is 22.0 Å². The third-order valence-corrected chi connectivity index (χ3v) is 5.99. The van der Waals surface area contributed by atoms with Gasteiger partial charge in [0.1, 0.15) is 16.2 Å². The number of carbonyl (C=O) groups is 1. The van der Waals surface area contributed by atoms with Crippen LogP contribution in [0.2, 0.25) is 0 Å². The molecule has 6 nitrogen and oxygen atoms in total. The van der Waals surface area contributed by atoms with Crippen LogP contribution in [0.15, 0.2) is 47.4 Å². The molecule has 0 aliphatic heterocycles. The molecule has 0 radical (unpaired) electrons. The normalized spacial score (nSPS) is 10.9. The molecule has 0 saturated carbocycles. The van der Waals surface area contributed by atoms with Crippen molar-refractivity contribution in [2.24, 2.45) is 0 Å². The van der Waals surface area contributed by atoms with E-state index in [1.807, 2.05) is 59.5 Å². The highest BCUT2D eigenvalue weighted by Crippen LogP contribution is 2.30. The Balaban J connectivity index is 1.58. The van der Waals surface area contributed by atoms with Crippen LogP contribution in [-0.2, 0) is 6.54 Å². The zero-order valence-corrected chi connectivity index (χ0v) is 16.5. The van der Waals surface area contributed by atoms with Gasteiger partial charge < -0.3 is 9.88 Å². The van der Waals surface area contributed by atoms with Crippen molar-refractivity contribution in [1.29, 1.82) is 0 Å². The lowest BCUT2D eigenvalue weighted by Crippen LogP contribution is -2.11. The number of aryl methyl sites for hydroxylation is 2. The van der Waals surface area contributed by atoms with Gasteiger partial charge in [-0.15, -0.1) is 21.5 Å². The van der Waals surface area contributed by atoms with Crippen molar-refractivity contribution in [3.63, 3.8) is 0 Å². The van der Waals surface area contributed by atoms with Crippen molar-refractivity contribution in [2.45, 2.75) is 20.4 Å². The summed E-state index contributed by atoms with van der Waals surface area (Å²) in [6.45, 7) is 4.68. The van der Waals surface area contributed by atoms with E-state index in [4.69, 9.17) is 0 Å². The van der Waals surface area contributed by atoms with Gasteiger partial charge in [-0.05, 0) is 37.4 Å². The summed E-state index contributed by atoms with van der Waals surface area (Å²) >= 11 is 3.03. The van der Waals surface area contributed by atoms with Gasteiger partial charge in [0, 0.05) is 28.7 Å². The third kappa shape index (κ3) is 3.54. The van der Waals surface area contributed by atoms with Crippen LogP contribution >= 0.6 is 22.7 Å². The second-order valence-electron chi connectivity index (χ2n) is 5.92. The van der Waals surface area contributed by atoms with E-state index in [0.717, 1.165) is 34.2 Å². The molecule has 1 amide bonds. The van der Waals surface area contributed by atoms with E-state index in [9.17, 15) is 4.79 Å². The van der Waals surface area contributed by atoms with Crippen LogP contribution in [-0.4, -0.2) is 25.7 Å². The summed E-state index contributed by atoms with van der Waals surface area (Å²) in [6, 6.07) is 9.64. The van der Waals surface area contributed by atoms with Gasteiger partial charge in [-0.1, -0.05) is 12.1 Å². The van der Waals surface area contributed by atoms with Crippen LogP contribution in [0.1, 0.15) is 22.3 Å². The lowest BCUT2D eigenvalue weighted by atomic mass is 10.2. The first-order chi connectivity index (χ1) is 13.2. The predicted octanol–water partition coefficient (Wildman–Crippen LogP) is 4.71. The first kappa shape index (κ1) is 17.6. The molecule has 0 unspecified atom stereocenters. The molecular weight excluding hydrogens is 378 g/mol. The van der Waals surface area contributed by atoms with Gasteiger partial charge in [0.2, 0.25) is 0 Å². The Kier molecular flexibility index (Phi) is 4.83. The predicted molar refractivity (Wildman–Crippen MR) is 109 cm³/mol. The third-order valence-electron chi connectivity index (χ3n) is 4.11. The SMILES string of the molecule is CCn1cnnc1-c1cccc(NC(=O)c2sc(-c3ccsc3)nc2C)c1. The molecule has 0 aliphatic carbocycles. The Morgan fingerprint density at radius 3 is 2.93 bits per heavy atom. The lowest BCUT2D eigenvalue weighted by molar-refractivity contribution is 0.103. The highest BCUT2D eigenvalue weighted by Gasteiger charge is 2.17. The fourth-order valence-corrected chi connectivity index (χ4v) is 4.42. The largest absolute Gasteiger partial charge is 0.321 e. The number of hydrogen-bond donors (Lipinski definition) is 1. The van der Waals surface area contributed by atoms with Gasteiger partial charge in [0.15, 0.2) is 5.82 Å². The molecule has 3 heterocycles. The van der Waals surface area contributed by atoms with E-state index in [2.05, 4.69) is 20.5 Å². The van der Waals surface area contributed by atoms with E-state index >= 15 is 0 Å². The number of hydrogen-bond acceptors (Lipinski definition) is 6. The zero-order valence-electron chi connectivity index (χ0n) is 14.8. The second kappa shape index (κ2) is 7.42. The Hall–Kier alpha value is -2.84. The quantitative estimate of drug-likeness (QED) is 0.531. The molecule has 0 fully saturated rings. The van der Waals surface area contributed by atoms with Gasteiger partial charge in [-0.2, -0.15) is 11.3 Å². The minimum atomic E-state index is -0.152. The summed E-state index contributed by atoms with van der Waals surface area (Å²) in [6.07, 6.45) is 1.70. The van der Waals surface area contributed by atoms with Gasteiger partial charge in [-0.3, -0.25) is 4.79 Å². The topological polar surface area (TPSA) is 72.7 Å². The van der Waals surface area contributed by atoms with Crippen LogP contribution < -0.4 is 5.32 Å². The molecular formula is C19H17N5OS2. The first-order valence-electron chi connectivity index (χ1n) is 8.45. The van der Waals surface area contributed by atoms with Crippen LogP contribution in [0.4, 0.5) is 5.69 Å². The second-order valence-corrected chi connectivity index (χ2v) is 7.70. The molecule has 0 atom stereocenters. The van der Waals surface area contributed by atoms with E-state index in [1.54, 1.807) is 17.7 Å². The zero-order chi connectivity index (χ0) is 18.8. The first-order valence-corrected chi connectivity index (χ1v) is 10.2. The van der Waals surface area contributed by atoms with Crippen LogP contribution in [0, 0.1) is 6.92 Å². The van der Waals surface area contributed by atoms with Gasteiger partial charge >= 0.3 is 0 Å². The minimum Gasteiger partial charge on any atom is -0.321 e. The van der Waals surface area contributed by atoms with Crippen molar-refractivity contribution in [2.75, 3.05) is 5.32 Å². The molecule has 1 N–H and O–H groups in total. The Bertz CT molecular complexity index is 1080. The van der Waals surface area contributed by atoms with Crippen molar-refractivity contribution >= 4 is 34.3 Å². The van der Waals surface area contributed by atoms with Crippen molar-refractivity contribution in [1.82, 2.24) is 19.7 Å². The van der Waals surface area contributed by atoms with E-state index in [0.29, 0.717) is 10.6 Å². The van der Waals surface area contributed by atoms with Crippen LogP contribution in [0.5, 0.6) is 0 Å². The molecule has 0 saturated heterocycles. The monoisotopic (exact) mass is 395 g/mol. The standard InChI is InChI=1S/C19H17N5OS2/c1-3-24-11-20-23-17(24)13-5-4-6-15(9-13)22-18(25)16-12(2)21-19(27-16)14-7-8-26-10-14/h4-11H,3H2,1-2H3,(H,22,25). The number of benzene rings is 1. The number of thiophene rings is 1. The fourth-order valence-electron chi connectivity index (χ4n) is 2.75. The number of nitrogens with zero attached hydrogens (tertiary/aromatic N) is 4. The lowest BCUT2D eigenvalue weighted by Gasteiger charge is -2.07. The molecule has 3 aromatic heterocycles. The van der Waals surface area contributed by atoms with Gasteiger partial charge in [0.05, 0.1) is 5.69 Å². The average Bonchev–Trinajstić information content (AvgIpc) is 3.41. The number of carbonyl (C=O) groups excluding carboxylic acids is 1. The van der Waals surface area contributed by atoms with Crippen LogP contribution in [0.3, 0.4) is 0 Å². The number of nitrogens with one attached hydrogen (secondary N) is 1. The average molecular weight is 396 g/mol. The molecule has 1 aromatic carbocycles. The fraction of sp³-hybridized carbons (Fsp3) is 0.158. The number of rotatable bonds is 5. The smallest absolute Gasteiger partial charge is 0.267 e. The van der Waals surface area contributed by atoms with Crippen molar-refractivity contribution in [3.8, 4) is 22.0 Å². The Labute approximate surface area is 164 Å². The van der Waals surface area contributed by atoms with Gasteiger partial charge in [0.25, 0.3) is 5.91 Å². The molecule has 136 valence electrons.